The molecule has 0 aromatic heterocycles. The second-order valence-corrected chi connectivity index (χ2v) is 8.25. The molecule has 0 aliphatic carbocycles. The Labute approximate surface area is 145 Å². The number of sulfone groups is 1. The minimum absolute atomic E-state index is 0.00523. The molecular weight excluding hydrogens is 378 g/mol. The highest BCUT2D eigenvalue weighted by atomic mass is 79.9. The highest BCUT2D eigenvalue weighted by molar-refractivity contribution is 9.10. The number of rotatable bonds is 7. The van der Waals surface area contributed by atoms with E-state index in [-0.39, 0.29) is 5.75 Å². The molecule has 0 aliphatic rings. The number of aryl methyl sites for hydroxylation is 1. The van der Waals surface area contributed by atoms with Crippen LogP contribution in [0.25, 0.3) is 0 Å². The molecule has 1 N–H and O–H groups in total. The van der Waals surface area contributed by atoms with Gasteiger partial charge in [-0.05, 0) is 46.5 Å². The van der Waals surface area contributed by atoms with E-state index in [0.717, 1.165) is 10.0 Å². The fourth-order valence-corrected chi connectivity index (χ4v) is 3.75. The molecule has 0 aliphatic heterocycles. The van der Waals surface area contributed by atoms with E-state index in [1.165, 1.54) is 0 Å². The average molecular weight is 396 g/mol. The third-order valence-corrected chi connectivity index (χ3v) is 5.57. The second-order valence-electron chi connectivity index (χ2n) is 5.21. The summed E-state index contributed by atoms with van der Waals surface area (Å²) < 4.78 is 24.8. The topological polar surface area (TPSA) is 63.2 Å². The Hall–Kier alpha value is -1.66. The van der Waals surface area contributed by atoms with Crippen molar-refractivity contribution in [3.05, 3.63) is 64.6 Å². The van der Waals surface area contributed by atoms with Crippen molar-refractivity contribution in [1.29, 1.82) is 0 Å². The van der Waals surface area contributed by atoms with Gasteiger partial charge in [0.1, 0.15) is 5.75 Å². The first-order valence-electron chi connectivity index (χ1n) is 7.25. The van der Waals surface area contributed by atoms with E-state index in [1.54, 1.807) is 18.2 Å². The molecule has 6 heteroatoms. The van der Waals surface area contributed by atoms with Crippen LogP contribution in [0.15, 0.2) is 59.1 Å². The standard InChI is InChI=1S/C17H18BrNO3S/c18-15-10-4-5-11-16(15)19-17(20)13-23(21,22)12-6-9-14-7-2-1-3-8-14/h1-5,7-8,10-11H,6,9,12-13H2,(H,19,20). The van der Waals surface area contributed by atoms with E-state index in [2.05, 4.69) is 21.2 Å². The summed E-state index contributed by atoms with van der Waals surface area (Å²) >= 11 is 3.31. The van der Waals surface area contributed by atoms with Crippen molar-refractivity contribution in [3.8, 4) is 0 Å². The molecule has 2 rings (SSSR count). The van der Waals surface area contributed by atoms with Crippen molar-refractivity contribution in [2.45, 2.75) is 12.8 Å². The van der Waals surface area contributed by atoms with E-state index in [9.17, 15) is 13.2 Å². The highest BCUT2D eigenvalue weighted by Crippen LogP contribution is 2.21. The molecule has 23 heavy (non-hydrogen) atoms. The first kappa shape index (κ1) is 17.7. The monoisotopic (exact) mass is 395 g/mol. The van der Waals surface area contributed by atoms with Gasteiger partial charge < -0.3 is 5.32 Å². The molecule has 2 aromatic rings. The minimum Gasteiger partial charge on any atom is -0.324 e. The van der Waals surface area contributed by atoms with Gasteiger partial charge in [-0.3, -0.25) is 4.79 Å². The molecule has 0 saturated carbocycles. The number of amides is 1. The summed E-state index contributed by atoms with van der Waals surface area (Å²) in [5.41, 5.74) is 1.66. The lowest BCUT2D eigenvalue weighted by atomic mass is 10.1. The largest absolute Gasteiger partial charge is 0.324 e. The van der Waals surface area contributed by atoms with E-state index >= 15 is 0 Å². The zero-order chi connectivity index (χ0) is 16.7. The van der Waals surface area contributed by atoms with Crippen molar-refractivity contribution in [1.82, 2.24) is 0 Å². The van der Waals surface area contributed by atoms with Crippen LogP contribution < -0.4 is 5.32 Å². The Morgan fingerprint density at radius 2 is 1.65 bits per heavy atom. The quantitative estimate of drug-likeness (QED) is 0.780. The molecule has 0 radical (unpaired) electrons. The van der Waals surface area contributed by atoms with Gasteiger partial charge in [0.05, 0.1) is 11.4 Å². The van der Waals surface area contributed by atoms with Crippen molar-refractivity contribution < 1.29 is 13.2 Å². The number of para-hydroxylation sites is 1. The van der Waals surface area contributed by atoms with Crippen LogP contribution in [0.4, 0.5) is 5.69 Å². The number of halogens is 1. The number of anilines is 1. The van der Waals surface area contributed by atoms with Crippen molar-refractivity contribution >= 4 is 37.4 Å². The van der Waals surface area contributed by atoms with Gasteiger partial charge in [0.25, 0.3) is 0 Å². The van der Waals surface area contributed by atoms with Gasteiger partial charge in [0.2, 0.25) is 5.91 Å². The molecule has 1 amide bonds. The fourth-order valence-electron chi connectivity index (χ4n) is 2.16. The van der Waals surface area contributed by atoms with E-state index in [1.807, 2.05) is 36.4 Å². The lowest BCUT2D eigenvalue weighted by Crippen LogP contribution is -2.25. The van der Waals surface area contributed by atoms with E-state index < -0.39 is 21.5 Å². The van der Waals surface area contributed by atoms with Crippen LogP contribution in [-0.4, -0.2) is 25.8 Å². The Bertz CT molecular complexity index is 760. The Morgan fingerprint density at radius 3 is 2.35 bits per heavy atom. The van der Waals surface area contributed by atoms with Gasteiger partial charge in [-0.2, -0.15) is 0 Å². The number of carbonyl (C=O) groups excluding carboxylic acids is 1. The summed E-state index contributed by atoms with van der Waals surface area (Å²) in [6.07, 6.45) is 1.20. The molecular formula is C17H18BrNO3S. The second kappa shape index (κ2) is 8.26. The summed E-state index contributed by atoms with van der Waals surface area (Å²) in [7, 11) is -3.41. The predicted molar refractivity (Wildman–Crippen MR) is 96.2 cm³/mol. The number of benzene rings is 2. The van der Waals surface area contributed by atoms with Crippen LogP contribution in [0.2, 0.25) is 0 Å². The normalized spacial score (nSPS) is 11.2. The lowest BCUT2D eigenvalue weighted by Gasteiger charge is -2.08. The fraction of sp³-hybridized carbons (Fsp3) is 0.235. The summed E-state index contributed by atoms with van der Waals surface area (Å²) in [6.45, 7) is 0. The van der Waals surface area contributed by atoms with Crippen molar-refractivity contribution in [3.63, 3.8) is 0 Å². The van der Waals surface area contributed by atoms with Gasteiger partial charge in [-0.25, -0.2) is 8.42 Å². The van der Waals surface area contributed by atoms with Gasteiger partial charge >= 0.3 is 0 Å². The smallest absolute Gasteiger partial charge is 0.239 e. The molecule has 0 saturated heterocycles. The average Bonchev–Trinajstić information content (AvgIpc) is 2.50. The molecule has 0 fully saturated rings. The van der Waals surface area contributed by atoms with Crippen LogP contribution in [0.1, 0.15) is 12.0 Å². The molecule has 0 atom stereocenters. The Balaban J connectivity index is 1.83. The maximum atomic E-state index is 12.0. The first-order valence-corrected chi connectivity index (χ1v) is 9.86. The highest BCUT2D eigenvalue weighted by Gasteiger charge is 2.17. The van der Waals surface area contributed by atoms with Crippen LogP contribution >= 0.6 is 15.9 Å². The van der Waals surface area contributed by atoms with E-state index in [4.69, 9.17) is 0 Å². The summed E-state index contributed by atoms with van der Waals surface area (Å²) in [4.78, 5) is 11.9. The first-order chi connectivity index (χ1) is 11.0. The lowest BCUT2D eigenvalue weighted by molar-refractivity contribution is -0.113. The summed E-state index contributed by atoms with van der Waals surface area (Å²) in [6, 6.07) is 16.8. The predicted octanol–water partition coefficient (Wildman–Crippen LogP) is 3.44. The van der Waals surface area contributed by atoms with Crippen LogP contribution in [-0.2, 0) is 21.1 Å². The van der Waals surface area contributed by atoms with Gasteiger partial charge in [0.15, 0.2) is 9.84 Å². The van der Waals surface area contributed by atoms with Gasteiger partial charge in [-0.1, -0.05) is 42.5 Å². The molecule has 0 unspecified atom stereocenters. The molecule has 4 nitrogen and oxygen atoms in total. The molecule has 122 valence electrons. The number of carbonyl (C=O) groups is 1. The molecule has 0 heterocycles. The zero-order valence-electron chi connectivity index (χ0n) is 12.5. The third-order valence-electron chi connectivity index (χ3n) is 3.26. The van der Waals surface area contributed by atoms with Gasteiger partial charge in [0, 0.05) is 4.47 Å². The van der Waals surface area contributed by atoms with E-state index in [0.29, 0.717) is 18.5 Å². The maximum absolute atomic E-state index is 12.0. The maximum Gasteiger partial charge on any atom is 0.239 e. The molecule has 0 spiro atoms. The molecule has 2 aromatic carbocycles. The third kappa shape index (κ3) is 6.15. The van der Waals surface area contributed by atoms with Crippen LogP contribution in [0.5, 0.6) is 0 Å². The van der Waals surface area contributed by atoms with Crippen molar-refractivity contribution in [2.24, 2.45) is 0 Å². The summed E-state index contributed by atoms with van der Waals surface area (Å²) in [5.74, 6) is -1.01. The molecule has 0 bridgehead atoms. The SMILES string of the molecule is O=C(CS(=O)(=O)CCCc1ccccc1)Nc1ccccc1Br. The Morgan fingerprint density at radius 1 is 1.00 bits per heavy atom. The van der Waals surface area contributed by atoms with Crippen molar-refractivity contribution in [2.75, 3.05) is 16.8 Å². The van der Waals surface area contributed by atoms with Gasteiger partial charge in [-0.15, -0.1) is 0 Å². The number of hydrogen-bond acceptors (Lipinski definition) is 3. The van der Waals surface area contributed by atoms with Crippen LogP contribution in [0, 0.1) is 0 Å². The Kier molecular flexibility index (Phi) is 6.36. The van der Waals surface area contributed by atoms with Crippen LogP contribution in [0.3, 0.4) is 0 Å². The summed E-state index contributed by atoms with van der Waals surface area (Å²) in [5, 5.41) is 2.61. The number of hydrogen-bond donors (Lipinski definition) is 1. The minimum atomic E-state index is -3.41. The number of nitrogens with one attached hydrogen (secondary N) is 1. The zero-order valence-corrected chi connectivity index (χ0v) is 14.9.